The van der Waals surface area contributed by atoms with Gasteiger partial charge in [0.1, 0.15) is 0 Å². The standard InChI is InChI=1S/C20H18ClN3O5/c21-14-10-16-17(29-9-3-8-28-16)11-15(14)22-18(25)6-7-24-20(27)13-5-2-1-4-12(13)19(26)23-24/h1-2,4-5,10-11H,3,6-9H2,(H,22,25)(H,23,26). The van der Waals surface area contributed by atoms with E-state index in [0.717, 1.165) is 11.1 Å². The summed E-state index contributed by atoms with van der Waals surface area (Å²) in [5.74, 6) is 0.686. The number of H-pyrrole nitrogens is 1. The van der Waals surface area contributed by atoms with Gasteiger partial charge in [-0.1, -0.05) is 23.7 Å². The van der Waals surface area contributed by atoms with Gasteiger partial charge in [0.2, 0.25) is 5.91 Å². The van der Waals surface area contributed by atoms with Crippen molar-refractivity contribution >= 4 is 34.0 Å². The summed E-state index contributed by atoms with van der Waals surface area (Å²) in [7, 11) is 0. The highest BCUT2D eigenvalue weighted by Crippen LogP contribution is 2.37. The second-order valence-corrected chi connectivity index (χ2v) is 6.98. The van der Waals surface area contributed by atoms with Crippen LogP contribution in [-0.4, -0.2) is 28.9 Å². The summed E-state index contributed by atoms with van der Waals surface area (Å²) in [4.78, 5) is 37.0. The van der Waals surface area contributed by atoms with Gasteiger partial charge in [-0.15, -0.1) is 0 Å². The van der Waals surface area contributed by atoms with Crippen LogP contribution in [0.2, 0.25) is 5.02 Å². The van der Waals surface area contributed by atoms with Gasteiger partial charge in [0.05, 0.1) is 41.2 Å². The van der Waals surface area contributed by atoms with Crippen LogP contribution >= 0.6 is 11.6 Å². The molecule has 150 valence electrons. The summed E-state index contributed by atoms with van der Waals surface area (Å²) in [6, 6.07) is 9.76. The molecular weight excluding hydrogens is 398 g/mol. The van der Waals surface area contributed by atoms with E-state index in [-0.39, 0.29) is 30.0 Å². The van der Waals surface area contributed by atoms with Gasteiger partial charge in [-0.3, -0.25) is 19.5 Å². The summed E-state index contributed by atoms with van der Waals surface area (Å²) in [5.41, 5.74) is -0.353. The predicted octanol–water partition coefficient (Wildman–Crippen LogP) is 2.53. The molecule has 1 amide bonds. The van der Waals surface area contributed by atoms with Gasteiger partial charge in [-0.2, -0.15) is 0 Å². The number of hydrogen-bond acceptors (Lipinski definition) is 5. The van der Waals surface area contributed by atoms with E-state index in [1.807, 2.05) is 0 Å². The Hall–Kier alpha value is -3.26. The highest BCUT2D eigenvalue weighted by Gasteiger charge is 2.16. The number of benzene rings is 2. The summed E-state index contributed by atoms with van der Waals surface area (Å²) in [5, 5.41) is 6.15. The molecule has 4 rings (SSSR count). The van der Waals surface area contributed by atoms with Gasteiger partial charge in [0, 0.05) is 25.0 Å². The van der Waals surface area contributed by atoms with Crippen molar-refractivity contribution in [3.63, 3.8) is 0 Å². The minimum absolute atomic E-state index is 0.0207. The van der Waals surface area contributed by atoms with Crippen LogP contribution in [0, 0.1) is 0 Å². The third-order valence-corrected chi connectivity index (χ3v) is 4.87. The molecule has 0 spiro atoms. The number of carbonyl (C=O) groups excluding carboxylic acids is 1. The molecule has 8 nitrogen and oxygen atoms in total. The van der Waals surface area contributed by atoms with E-state index in [4.69, 9.17) is 21.1 Å². The molecule has 0 aliphatic carbocycles. The van der Waals surface area contributed by atoms with Crippen LogP contribution in [0.5, 0.6) is 11.5 Å². The van der Waals surface area contributed by atoms with Crippen LogP contribution < -0.4 is 25.9 Å². The summed E-state index contributed by atoms with van der Waals surface area (Å²) < 4.78 is 12.3. The van der Waals surface area contributed by atoms with Gasteiger partial charge < -0.3 is 14.8 Å². The molecule has 0 bridgehead atoms. The molecule has 0 unspecified atom stereocenters. The van der Waals surface area contributed by atoms with E-state index < -0.39 is 0 Å². The molecule has 0 saturated carbocycles. The molecule has 1 aliphatic rings. The summed E-state index contributed by atoms with van der Waals surface area (Å²) in [6.07, 6.45) is 0.728. The zero-order valence-electron chi connectivity index (χ0n) is 15.4. The quantitative estimate of drug-likeness (QED) is 0.681. The largest absolute Gasteiger partial charge is 0.490 e. The fourth-order valence-corrected chi connectivity index (χ4v) is 3.31. The Bertz CT molecular complexity index is 1200. The number of carbonyl (C=O) groups is 1. The number of amides is 1. The van der Waals surface area contributed by atoms with Gasteiger partial charge in [0.15, 0.2) is 11.5 Å². The van der Waals surface area contributed by atoms with Gasteiger partial charge in [-0.05, 0) is 12.1 Å². The summed E-state index contributed by atoms with van der Waals surface area (Å²) in [6.45, 7) is 1.07. The maximum Gasteiger partial charge on any atom is 0.273 e. The molecule has 2 heterocycles. The number of fused-ring (bicyclic) bond motifs is 2. The first-order chi connectivity index (χ1) is 14.0. The van der Waals surface area contributed by atoms with Crippen molar-refractivity contribution in [1.82, 2.24) is 9.78 Å². The van der Waals surface area contributed by atoms with Crippen LogP contribution in [0.15, 0.2) is 46.0 Å². The normalized spacial score (nSPS) is 13.1. The fourth-order valence-electron chi connectivity index (χ4n) is 3.11. The number of nitrogens with one attached hydrogen (secondary N) is 2. The first-order valence-electron chi connectivity index (χ1n) is 9.14. The summed E-state index contributed by atoms with van der Waals surface area (Å²) >= 11 is 6.23. The van der Waals surface area contributed by atoms with E-state index in [1.165, 1.54) is 0 Å². The van der Waals surface area contributed by atoms with Crippen molar-refractivity contribution in [3.05, 3.63) is 62.1 Å². The average Bonchev–Trinajstić information content (AvgIpc) is 2.95. The Balaban J connectivity index is 1.49. The molecule has 2 aromatic carbocycles. The van der Waals surface area contributed by atoms with E-state index in [0.29, 0.717) is 46.2 Å². The number of aromatic amines is 1. The zero-order chi connectivity index (χ0) is 20.4. The highest BCUT2D eigenvalue weighted by molar-refractivity contribution is 6.34. The Morgan fingerprint density at radius 2 is 1.79 bits per heavy atom. The fraction of sp³-hybridized carbons (Fsp3) is 0.250. The molecule has 2 N–H and O–H groups in total. The second-order valence-electron chi connectivity index (χ2n) is 6.57. The van der Waals surface area contributed by atoms with Crippen LogP contribution in [0.1, 0.15) is 12.8 Å². The minimum atomic E-state index is -0.383. The van der Waals surface area contributed by atoms with Crippen LogP contribution in [0.4, 0.5) is 5.69 Å². The molecule has 1 aromatic heterocycles. The third-order valence-electron chi connectivity index (χ3n) is 4.56. The molecule has 29 heavy (non-hydrogen) atoms. The van der Waals surface area contributed by atoms with Crippen molar-refractivity contribution in [2.24, 2.45) is 0 Å². The molecule has 9 heteroatoms. The molecule has 0 radical (unpaired) electrons. The third kappa shape index (κ3) is 3.97. The van der Waals surface area contributed by atoms with E-state index in [2.05, 4.69) is 10.4 Å². The topological polar surface area (TPSA) is 102 Å². The lowest BCUT2D eigenvalue weighted by Crippen LogP contribution is -2.31. The lowest BCUT2D eigenvalue weighted by Gasteiger charge is -2.13. The Labute approximate surface area is 170 Å². The number of ether oxygens (including phenoxy) is 2. The highest BCUT2D eigenvalue weighted by atomic mass is 35.5. The van der Waals surface area contributed by atoms with Crippen LogP contribution in [0.3, 0.4) is 0 Å². The molecule has 0 atom stereocenters. The van der Waals surface area contributed by atoms with Crippen molar-refractivity contribution in [1.29, 1.82) is 0 Å². The minimum Gasteiger partial charge on any atom is -0.490 e. The number of anilines is 1. The molecule has 0 saturated heterocycles. The van der Waals surface area contributed by atoms with Crippen LogP contribution in [0.25, 0.3) is 10.8 Å². The maximum absolute atomic E-state index is 12.5. The number of halogens is 1. The number of nitrogens with zero attached hydrogens (tertiary/aromatic N) is 1. The Morgan fingerprint density at radius 1 is 1.10 bits per heavy atom. The van der Waals surface area contributed by atoms with E-state index in [9.17, 15) is 14.4 Å². The number of aryl methyl sites for hydroxylation is 1. The van der Waals surface area contributed by atoms with Gasteiger partial charge in [0.25, 0.3) is 11.1 Å². The monoisotopic (exact) mass is 415 g/mol. The smallest absolute Gasteiger partial charge is 0.273 e. The van der Waals surface area contributed by atoms with Crippen molar-refractivity contribution in [2.45, 2.75) is 19.4 Å². The molecule has 1 aliphatic heterocycles. The first kappa shape index (κ1) is 19.1. The molecule has 0 fully saturated rings. The van der Waals surface area contributed by atoms with Crippen molar-refractivity contribution in [2.75, 3.05) is 18.5 Å². The second kappa shape index (κ2) is 8.00. The molecule has 3 aromatic rings. The number of hydrogen-bond donors (Lipinski definition) is 2. The lowest BCUT2D eigenvalue weighted by molar-refractivity contribution is -0.116. The molecular formula is C20H18ClN3O5. The first-order valence-corrected chi connectivity index (χ1v) is 9.51. The van der Waals surface area contributed by atoms with Gasteiger partial charge in [-0.25, -0.2) is 4.68 Å². The van der Waals surface area contributed by atoms with Crippen LogP contribution in [-0.2, 0) is 11.3 Å². The van der Waals surface area contributed by atoms with Gasteiger partial charge >= 0.3 is 0 Å². The van der Waals surface area contributed by atoms with Crippen molar-refractivity contribution < 1.29 is 14.3 Å². The number of rotatable bonds is 4. The zero-order valence-corrected chi connectivity index (χ0v) is 16.1. The Morgan fingerprint density at radius 3 is 2.55 bits per heavy atom. The predicted molar refractivity (Wildman–Crippen MR) is 109 cm³/mol. The van der Waals surface area contributed by atoms with E-state index >= 15 is 0 Å². The lowest BCUT2D eigenvalue weighted by atomic mass is 10.2. The maximum atomic E-state index is 12.5. The average molecular weight is 416 g/mol. The number of aromatic nitrogens is 2. The SMILES string of the molecule is O=C(CCn1[nH]c(=O)c2ccccc2c1=O)Nc1cc2c(cc1Cl)OCCCO2. The van der Waals surface area contributed by atoms with E-state index in [1.54, 1.807) is 36.4 Å². The Kier molecular flexibility index (Phi) is 5.26. The van der Waals surface area contributed by atoms with Crippen molar-refractivity contribution in [3.8, 4) is 11.5 Å².